The third kappa shape index (κ3) is 2.48. The first-order valence-corrected chi connectivity index (χ1v) is 7.58. The van der Waals surface area contributed by atoms with Gasteiger partial charge in [0.05, 0.1) is 0 Å². The highest BCUT2D eigenvalue weighted by molar-refractivity contribution is 5.31. The fourth-order valence-corrected chi connectivity index (χ4v) is 3.40. The minimum atomic E-state index is 0.237. The van der Waals surface area contributed by atoms with Gasteiger partial charge in [-0.3, -0.25) is 5.10 Å². The molecular formula is C14H25N5. The molecule has 0 aromatic carbocycles. The number of aromatic nitrogens is 3. The number of anilines is 1. The van der Waals surface area contributed by atoms with Crippen molar-refractivity contribution in [3.63, 3.8) is 0 Å². The van der Waals surface area contributed by atoms with E-state index < -0.39 is 0 Å². The molecule has 2 aliphatic rings. The first-order valence-electron chi connectivity index (χ1n) is 7.58. The number of hydrogen-bond acceptors (Lipinski definition) is 4. The molecule has 1 aromatic rings. The van der Waals surface area contributed by atoms with Gasteiger partial charge in [-0.2, -0.15) is 4.98 Å². The van der Waals surface area contributed by atoms with Crippen LogP contribution < -0.4 is 10.6 Å². The van der Waals surface area contributed by atoms with Crippen LogP contribution in [0.1, 0.15) is 51.3 Å². The number of nitrogens with one attached hydrogen (secondary N) is 1. The predicted octanol–water partition coefficient (Wildman–Crippen LogP) is 1.88. The Kier molecular flexibility index (Phi) is 3.48. The van der Waals surface area contributed by atoms with Crippen molar-refractivity contribution < 1.29 is 0 Å². The second-order valence-corrected chi connectivity index (χ2v) is 6.41. The van der Waals surface area contributed by atoms with Crippen LogP contribution in [0.3, 0.4) is 0 Å². The van der Waals surface area contributed by atoms with Gasteiger partial charge in [-0.05, 0) is 31.1 Å². The first kappa shape index (κ1) is 12.9. The molecule has 1 aliphatic carbocycles. The highest BCUT2D eigenvalue weighted by atomic mass is 15.4. The van der Waals surface area contributed by atoms with Crippen molar-refractivity contribution in [1.29, 1.82) is 0 Å². The van der Waals surface area contributed by atoms with E-state index in [1.54, 1.807) is 0 Å². The molecule has 3 N–H and O–H groups in total. The molecule has 4 unspecified atom stereocenters. The van der Waals surface area contributed by atoms with E-state index in [0.717, 1.165) is 37.2 Å². The van der Waals surface area contributed by atoms with Crippen LogP contribution in [0, 0.1) is 11.8 Å². The number of aromatic amines is 1. The van der Waals surface area contributed by atoms with Gasteiger partial charge in [0.1, 0.15) is 5.82 Å². The molecule has 0 radical (unpaired) electrons. The van der Waals surface area contributed by atoms with E-state index in [0.29, 0.717) is 11.8 Å². The fourth-order valence-electron chi connectivity index (χ4n) is 3.40. The zero-order valence-electron chi connectivity index (χ0n) is 12.0. The molecule has 2 heterocycles. The second-order valence-electron chi connectivity index (χ2n) is 6.41. The molecule has 2 fully saturated rings. The van der Waals surface area contributed by atoms with E-state index >= 15 is 0 Å². The van der Waals surface area contributed by atoms with Crippen molar-refractivity contribution in [2.75, 3.05) is 18.0 Å². The lowest BCUT2D eigenvalue weighted by molar-refractivity contribution is 0.376. The Labute approximate surface area is 115 Å². The highest BCUT2D eigenvalue weighted by Crippen LogP contribution is 2.38. The second kappa shape index (κ2) is 5.12. The van der Waals surface area contributed by atoms with E-state index in [-0.39, 0.29) is 6.04 Å². The molecule has 1 saturated carbocycles. The predicted molar refractivity (Wildman–Crippen MR) is 76.1 cm³/mol. The van der Waals surface area contributed by atoms with Crippen LogP contribution in [0.2, 0.25) is 0 Å². The molecule has 5 heteroatoms. The number of rotatable bonds is 2. The van der Waals surface area contributed by atoms with Crippen LogP contribution in [0.15, 0.2) is 0 Å². The first-order chi connectivity index (χ1) is 9.15. The lowest BCUT2D eigenvalue weighted by Gasteiger charge is -2.34. The molecule has 1 aliphatic heterocycles. The number of nitrogens with two attached hydrogens (primary N) is 1. The zero-order valence-corrected chi connectivity index (χ0v) is 12.0. The van der Waals surface area contributed by atoms with E-state index in [1.165, 1.54) is 19.3 Å². The topological polar surface area (TPSA) is 70.8 Å². The van der Waals surface area contributed by atoms with Crippen LogP contribution in [0.5, 0.6) is 0 Å². The van der Waals surface area contributed by atoms with Gasteiger partial charge in [0, 0.05) is 25.0 Å². The fraction of sp³-hybridized carbons (Fsp3) is 0.857. The lowest BCUT2D eigenvalue weighted by atomic mass is 9.94. The van der Waals surface area contributed by atoms with Crippen LogP contribution in [0.4, 0.5) is 5.95 Å². The number of piperidine rings is 1. The number of nitrogens with zero attached hydrogens (tertiary/aromatic N) is 3. The summed E-state index contributed by atoms with van der Waals surface area (Å²) in [5, 5.41) is 7.57. The van der Waals surface area contributed by atoms with Gasteiger partial charge in [0.15, 0.2) is 0 Å². The summed E-state index contributed by atoms with van der Waals surface area (Å²) in [7, 11) is 0. The Morgan fingerprint density at radius 1 is 1.21 bits per heavy atom. The van der Waals surface area contributed by atoms with Crippen LogP contribution in [-0.2, 0) is 0 Å². The summed E-state index contributed by atoms with van der Waals surface area (Å²) in [6, 6.07) is 0.237. The lowest BCUT2D eigenvalue weighted by Crippen LogP contribution is -2.48. The van der Waals surface area contributed by atoms with Gasteiger partial charge in [-0.1, -0.05) is 20.3 Å². The normalized spacial score (nSPS) is 35.8. The average Bonchev–Trinajstić information content (AvgIpc) is 3.01. The van der Waals surface area contributed by atoms with Gasteiger partial charge >= 0.3 is 0 Å². The van der Waals surface area contributed by atoms with Crippen molar-refractivity contribution in [2.24, 2.45) is 17.6 Å². The van der Waals surface area contributed by atoms with E-state index in [4.69, 9.17) is 10.7 Å². The molecule has 0 spiro atoms. The maximum atomic E-state index is 6.15. The summed E-state index contributed by atoms with van der Waals surface area (Å²) in [6.07, 6.45) is 5.00. The van der Waals surface area contributed by atoms with Gasteiger partial charge in [0.25, 0.3) is 0 Å². The molecule has 19 heavy (non-hydrogen) atoms. The van der Waals surface area contributed by atoms with E-state index in [9.17, 15) is 0 Å². The Balaban J connectivity index is 1.71. The van der Waals surface area contributed by atoms with Crippen molar-refractivity contribution in [2.45, 2.75) is 51.5 Å². The molecule has 4 atom stereocenters. The summed E-state index contributed by atoms with van der Waals surface area (Å²) in [4.78, 5) is 6.96. The Morgan fingerprint density at radius 3 is 2.74 bits per heavy atom. The molecule has 1 aromatic heterocycles. The molecule has 106 valence electrons. The monoisotopic (exact) mass is 263 g/mol. The zero-order chi connectivity index (χ0) is 13.4. The molecule has 3 rings (SSSR count). The molecule has 0 bridgehead atoms. The summed E-state index contributed by atoms with van der Waals surface area (Å²) >= 11 is 0. The largest absolute Gasteiger partial charge is 0.338 e. The van der Waals surface area contributed by atoms with Crippen LogP contribution in [0.25, 0.3) is 0 Å². The Hall–Kier alpha value is -1.10. The molecule has 1 saturated heterocycles. The summed E-state index contributed by atoms with van der Waals surface area (Å²) in [5.41, 5.74) is 6.15. The average molecular weight is 263 g/mol. The number of H-pyrrole nitrogens is 1. The molecule has 5 nitrogen and oxygen atoms in total. The van der Waals surface area contributed by atoms with Crippen molar-refractivity contribution >= 4 is 5.95 Å². The van der Waals surface area contributed by atoms with E-state index in [1.807, 2.05) is 0 Å². The highest BCUT2D eigenvalue weighted by Gasteiger charge is 2.30. The van der Waals surface area contributed by atoms with Crippen LogP contribution >= 0.6 is 0 Å². The van der Waals surface area contributed by atoms with Gasteiger partial charge < -0.3 is 10.6 Å². The van der Waals surface area contributed by atoms with Crippen molar-refractivity contribution in [1.82, 2.24) is 15.2 Å². The van der Waals surface area contributed by atoms with Gasteiger partial charge in [0.2, 0.25) is 5.95 Å². The number of hydrogen-bond donors (Lipinski definition) is 2. The minimum absolute atomic E-state index is 0.237. The van der Waals surface area contributed by atoms with Crippen LogP contribution in [-0.4, -0.2) is 34.3 Å². The third-order valence-electron chi connectivity index (χ3n) is 5.00. The Morgan fingerprint density at radius 2 is 2.05 bits per heavy atom. The molecular weight excluding hydrogens is 238 g/mol. The molecule has 0 amide bonds. The summed E-state index contributed by atoms with van der Waals surface area (Å²) in [5.74, 6) is 3.82. The maximum absolute atomic E-state index is 6.15. The standard InChI is InChI=1S/C14H25N5/c1-9-4-3-5-11(9)13-16-14(18-17-13)19-7-6-10(2)12(15)8-19/h9-12H,3-8,15H2,1-2H3,(H,16,17,18). The van der Waals surface area contributed by atoms with E-state index in [2.05, 4.69) is 28.9 Å². The Bertz CT molecular complexity index is 429. The minimum Gasteiger partial charge on any atom is -0.338 e. The van der Waals surface area contributed by atoms with Crippen molar-refractivity contribution in [3.8, 4) is 0 Å². The summed E-state index contributed by atoms with van der Waals surface area (Å²) < 4.78 is 0. The van der Waals surface area contributed by atoms with Gasteiger partial charge in [-0.15, -0.1) is 5.10 Å². The summed E-state index contributed by atoms with van der Waals surface area (Å²) in [6.45, 7) is 6.44. The quantitative estimate of drug-likeness (QED) is 0.854. The SMILES string of the molecule is CC1CCN(c2n[nH]c(C3CCCC3C)n2)CC1N. The third-order valence-corrected chi connectivity index (χ3v) is 5.00. The van der Waals surface area contributed by atoms with Crippen molar-refractivity contribution in [3.05, 3.63) is 5.82 Å². The maximum Gasteiger partial charge on any atom is 0.244 e. The smallest absolute Gasteiger partial charge is 0.244 e. The van der Waals surface area contributed by atoms with Gasteiger partial charge in [-0.25, -0.2) is 0 Å².